The Morgan fingerprint density at radius 2 is 2.05 bits per heavy atom. The minimum atomic E-state index is 0.154. The van der Waals surface area contributed by atoms with Crippen LogP contribution in [0.2, 0.25) is 0 Å². The normalized spacial score (nSPS) is 22.4. The molecule has 1 aliphatic carbocycles. The van der Waals surface area contributed by atoms with E-state index in [1.165, 1.54) is 0 Å². The number of thioether (sulfide) groups is 1. The second-order valence-electron chi connectivity index (χ2n) is 5.23. The number of hydrogen-bond donors (Lipinski definition) is 1. The molecule has 1 saturated carbocycles. The highest BCUT2D eigenvalue weighted by Crippen LogP contribution is 2.25. The average Bonchev–Trinajstić information content (AvgIpc) is 2.47. The number of nitrogens with zero attached hydrogens (tertiary/aromatic N) is 3. The molecule has 1 aromatic heterocycles. The molecule has 5 nitrogen and oxygen atoms in total. The minimum Gasteiger partial charge on any atom is -0.367 e. The molecule has 0 aromatic carbocycles. The molecule has 0 aliphatic heterocycles. The SMILES string of the molecule is CSc1cc(NC2CCC(N(C)C(C)=O)CC2)ncn1. The van der Waals surface area contributed by atoms with Gasteiger partial charge in [0.1, 0.15) is 17.2 Å². The topological polar surface area (TPSA) is 58.1 Å². The molecule has 0 atom stereocenters. The number of aromatic nitrogens is 2. The Hall–Kier alpha value is -1.30. The molecule has 1 aromatic rings. The van der Waals surface area contributed by atoms with Crippen LogP contribution in [-0.4, -0.2) is 46.2 Å². The van der Waals surface area contributed by atoms with E-state index in [0.717, 1.165) is 36.5 Å². The molecular formula is C14H22N4OS. The third kappa shape index (κ3) is 3.85. The van der Waals surface area contributed by atoms with Gasteiger partial charge in [0.15, 0.2) is 0 Å². The summed E-state index contributed by atoms with van der Waals surface area (Å²) < 4.78 is 0. The van der Waals surface area contributed by atoms with E-state index < -0.39 is 0 Å². The summed E-state index contributed by atoms with van der Waals surface area (Å²) in [7, 11) is 1.90. The molecule has 1 N–H and O–H groups in total. The van der Waals surface area contributed by atoms with Crippen molar-refractivity contribution in [2.75, 3.05) is 18.6 Å². The number of anilines is 1. The molecule has 0 spiro atoms. The molecule has 6 heteroatoms. The van der Waals surface area contributed by atoms with Crippen LogP contribution in [0.5, 0.6) is 0 Å². The van der Waals surface area contributed by atoms with Gasteiger partial charge in [0, 0.05) is 32.1 Å². The highest BCUT2D eigenvalue weighted by atomic mass is 32.2. The summed E-state index contributed by atoms with van der Waals surface area (Å²) in [6.45, 7) is 1.63. The highest BCUT2D eigenvalue weighted by molar-refractivity contribution is 7.98. The molecule has 1 heterocycles. The summed E-state index contributed by atoms with van der Waals surface area (Å²) in [5, 5.41) is 4.46. The van der Waals surface area contributed by atoms with E-state index in [4.69, 9.17) is 0 Å². The average molecular weight is 294 g/mol. The van der Waals surface area contributed by atoms with Gasteiger partial charge in [-0.1, -0.05) is 0 Å². The summed E-state index contributed by atoms with van der Waals surface area (Å²) in [6, 6.07) is 2.81. The highest BCUT2D eigenvalue weighted by Gasteiger charge is 2.25. The summed E-state index contributed by atoms with van der Waals surface area (Å²) in [5.41, 5.74) is 0. The Labute approximate surface area is 124 Å². The lowest BCUT2D eigenvalue weighted by atomic mass is 9.90. The zero-order valence-corrected chi connectivity index (χ0v) is 13.1. The van der Waals surface area contributed by atoms with Gasteiger partial charge in [0.2, 0.25) is 5.91 Å². The standard InChI is InChI=1S/C14H22N4OS/c1-10(19)18(2)12-6-4-11(5-7-12)17-13-8-14(20-3)16-9-15-13/h8-9,11-12H,4-7H2,1-3H3,(H,15,16,17). The third-order valence-electron chi connectivity index (χ3n) is 3.94. The number of carbonyl (C=O) groups excluding carboxylic acids is 1. The van der Waals surface area contributed by atoms with Crippen LogP contribution < -0.4 is 5.32 Å². The molecule has 0 bridgehead atoms. The lowest BCUT2D eigenvalue weighted by Crippen LogP contribution is -2.40. The predicted molar refractivity (Wildman–Crippen MR) is 81.9 cm³/mol. The Morgan fingerprint density at radius 1 is 1.35 bits per heavy atom. The van der Waals surface area contributed by atoms with Crippen LogP contribution in [0.1, 0.15) is 32.6 Å². The van der Waals surface area contributed by atoms with Crippen LogP contribution in [0.3, 0.4) is 0 Å². The fourth-order valence-electron chi connectivity index (χ4n) is 2.60. The van der Waals surface area contributed by atoms with Crippen molar-refractivity contribution in [3.8, 4) is 0 Å². The van der Waals surface area contributed by atoms with Gasteiger partial charge in [-0.3, -0.25) is 4.79 Å². The van der Waals surface area contributed by atoms with Crippen molar-refractivity contribution in [1.29, 1.82) is 0 Å². The number of carbonyl (C=O) groups is 1. The summed E-state index contributed by atoms with van der Waals surface area (Å²) >= 11 is 1.62. The van der Waals surface area contributed by atoms with Gasteiger partial charge in [-0.2, -0.15) is 0 Å². The van der Waals surface area contributed by atoms with E-state index in [2.05, 4.69) is 15.3 Å². The first-order valence-corrected chi connectivity index (χ1v) is 8.18. The van der Waals surface area contributed by atoms with E-state index in [1.54, 1.807) is 25.0 Å². The zero-order valence-electron chi connectivity index (χ0n) is 12.3. The Balaban J connectivity index is 1.86. The molecule has 1 aliphatic rings. The van der Waals surface area contributed by atoms with Crippen molar-refractivity contribution in [2.24, 2.45) is 0 Å². The molecule has 0 unspecified atom stereocenters. The number of amides is 1. The Morgan fingerprint density at radius 3 is 2.65 bits per heavy atom. The number of hydrogen-bond acceptors (Lipinski definition) is 5. The van der Waals surface area contributed by atoms with Crippen LogP contribution in [0.15, 0.2) is 17.4 Å². The third-order valence-corrected chi connectivity index (χ3v) is 4.59. The molecular weight excluding hydrogens is 272 g/mol. The maximum absolute atomic E-state index is 11.4. The first-order valence-electron chi connectivity index (χ1n) is 6.96. The van der Waals surface area contributed by atoms with E-state index >= 15 is 0 Å². The first-order chi connectivity index (χ1) is 9.60. The first kappa shape index (κ1) is 15.1. The minimum absolute atomic E-state index is 0.154. The molecule has 0 radical (unpaired) electrons. The van der Waals surface area contributed by atoms with Crippen molar-refractivity contribution in [3.63, 3.8) is 0 Å². The summed E-state index contributed by atoms with van der Waals surface area (Å²) in [5.74, 6) is 1.05. The second kappa shape index (κ2) is 6.92. The maximum Gasteiger partial charge on any atom is 0.219 e. The van der Waals surface area contributed by atoms with Crippen LogP contribution >= 0.6 is 11.8 Å². The largest absolute Gasteiger partial charge is 0.367 e. The van der Waals surface area contributed by atoms with Crippen LogP contribution in [-0.2, 0) is 4.79 Å². The van der Waals surface area contributed by atoms with Gasteiger partial charge in [-0.15, -0.1) is 11.8 Å². The number of rotatable bonds is 4. The quantitative estimate of drug-likeness (QED) is 0.682. The Kier molecular flexibility index (Phi) is 5.23. The fourth-order valence-corrected chi connectivity index (χ4v) is 2.99. The van der Waals surface area contributed by atoms with Crippen LogP contribution in [0.4, 0.5) is 5.82 Å². The zero-order chi connectivity index (χ0) is 14.5. The van der Waals surface area contributed by atoms with E-state index in [1.807, 2.05) is 24.3 Å². The summed E-state index contributed by atoms with van der Waals surface area (Å²) in [4.78, 5) is 21.7. The fraction of sp³-hybridized carbons (Fsp3) is 0.643. The van der Waals surface area contributed by atoms with Gasteiger partial charge in [-0.25, -0.2) is 9.97 Å². The smallest absolute Gasteiger partial charge is 0.219 e. The second-order valence-corrected chi connectivity index (χ2v) is 6.05. The van der Waals surface area contributed by atoms with Crippen LogP contribution in [0, 0.1) is 0 Å². The van der Waals surface area contributed by atoms with Gasteiger partial charge >= 0.3 is 0 Å². The van der Waals surface area contributed by atoms with Gasteiger partial charge in [-0.05, 0) is 31.9 Å². The molecule has 0 saturated heterocycles. The molecule has 1 amide bonds. The predicted octanol–water partition coefficient (Wildman–Crippen LogP) is 2.40. The van der Waals surface area contributed by atoms with Crippen molar-refractivity contribution in [1.82, 2.24) is 14.9 Å². The lowest BCUT2D eigenvalue weighted by molar-refractivity contribution is -0.130. The molecule has 1 fully saturated rings. The van der Waals surface area contributed by atoms with Crippen molar-refractivity contribution >= 4 is 23.5 Å². The van der Waals surface area contributed by atoms with E-state index in [0.29, 0.717) is 12.1 Å². The van der Waals surface area contributed by atoms with E-state index in [9.17, 15) is 4.79 Å². The lowest BCUT2D eigenvalue weighted by Gasteiger charge is -2.34. The Bertz CT molecular complexity index is 460. The van der Waals surface area contributed by atoms with Crippen molar-refractivity contribution < 1.29 is 4.79 Å². The summed E-state index contributed by atoms with van der Waals surface area (Å²) in [6.07, 6.45) is 7.85. The maximum atomic E-state index is 11.4. The molecule has 2 rings (SSSR count). The van der Waals surface area contributed by atoms with Gasteiger partial charge in [0.25, 0.3) is 0 Å². The van der Waals surface area contributed by atoms with Gasteiger partial charge in [0.05, 0.1) is 0 Å². The monoisotopic (exact) mass is 294 g/mol. The number of nitrogens with one attached hydrogen (secondary N) is 1. The molecule has 110 valence electrons. The molecule has 20 heavy (non-hydrogen) atoms. The van der Waals surface area contributed by atoms with E-state index in [-0.39, 0.29) is 5.91 Å². The van der Waals surface area contributed by atoms with Crippen molar-refractivity contribution in [3.05, 3.63) is 12.4 Å². The van der Waals surface area contributed by atoms with Crippen molar-refractivity contribution in [2.45, 2.75) is 49.7 Å². The van der Waals surface area contributed by atoms with Gasteiger partial charge < -0.3 is 10.2 Å². The van der Waals surface area contributed by atoms with Crippen LogP contribution in [0.25, 0.3) is 0 Å².